The number of rotatable bonds is 6. The zero-order chi connectivity index (χ0) is 21.8. The zero-order valence-electron chi connectivity index (χ0n) is 17.8. The van der Waals surface area contributed by atoms with Gasteiger partial charge in [0, 0.05) is 24.9 Å². The van der Waals surface area contributed by atoms with Gasteiger partial charge < -0.3 is 14.2 Å². The number of imidazole rings is 1. The summed E-state index contributed by atoms with van der Waals surface area (Å²) in [7, 11) is 1.63. The Morgan fingerprint density at radius 1 is 1.23 bits per heavy atom. The fourth-order valence-electron chi connectivity index (χ4n) is 3.93. The van der Waals surface area contributed by atoms with Gasteiger partial charge in [-0.05, 0) is 61.6 Å². The van der Waals surface area contributed by atoms with Gasteiger partial charge in [0.25, 0.3) is 0 Å². The number of hydrogen-bond donors (Lipinski definition) is 0. The van der Waals surface area contributed by atoms with Crippen LogP contribution in [0.25, 0.3) is 11.8 Å². The molecule has 0 aliphatic carbocycles. The van der Waals surface area contributed by atoms with Gasteiger partial charge in [0.15, 0.2) is 0 Å². The van der Waals surface area contributed by atoms with Crippen LogP contribution in [0.3, 0.4) is 0 Å². The van der Waals surface area contributed by atoms with Crippen LogP contribution >= 0.6 is 0 Å². The molecule has 0 atom stereocenters. The minimum Gasteiger partial charge on any atom is -0.495 e. The van der Waals surface area contributed by atoms with Crippen LogP contribution in [-0.2, 0) is 11.2 Å². The number of piperidine rings is 1. The summed E-state index contributed by atoms with van der Waals surface area (Å²) in [6.07, 6.45) is 7.78. The fraction of sp³-hybridized carbons (Fsp3) is 0.280. The van der Waals surface area contributed by atoms with Gasteiger partial charge in [-0.15, -0.1) is 0 Å². The highest BCUT2D eigenvalue weighted by molar-refractivity contribution is 5.98. The second kappa shape index (κ2) is 9.16. The highest BCUT2D eigenvalue weighted by Gasteiger charge is 2.23. The Kier molecular flexibility index (Phi) is 6.16. The van der Waals surface area contributed by atoms with Crippen molar-refractivity contribution < 1.29 is 13.9 Å². The number of halogens is 1. The molecular formula is C25H26FN3O2. The molecule has 1 aliphatic heterocycles. The molecule has 6 heteroatoms. The van der Waals surface area contributed by atoms with Crippen molar-refractivity contribution in [1.82, 2.24) is 14.5 Å². The number of carbonyl (C=O) groups excluding carboxylic acids is 1. The van der Waals surface area contributed by atoms with Crippen molar-refractivity contribution in [3.8, 4) is 11.4 Å². The summed E-state index contributed by atoms with van der Waals surface area (Å²) in [4.78, 5) is 19.1. The predicted molar refractivity (Wildman–Crippen MR) is 119 cm³/mol. The van der Waals surface area contributed by atoms with Gasteiger partial charge in [-0.3, -0.25) is 4.79 Å². The van der Waals surface area contributed by atoms with Gasteiger partial charge in [-0.1, -0.05) is 24.3 Å². The molecule has 0 unspecified atom stereocenters. The number of likely N-dealkylation sites (tertiary alicyclic amines) is 1. The lowest BCUT2D eigenvalue weighted by Gasteiger charge is -2.28. The first-order valence-corrected chi connectivity index (χ1v) is 10.5. The van der Waals surface area contributed by atoms with Gasteiger partial charge >= 0.3 is 0 Å². The summed E-state index contributed by atoms with van der Waals surface area (Å²) in [5.74, 6) is 0.519. The minimum atomic E-state index is -0.219. The number of benzene rings is 2. The summed E-state index contributed by atoms with van der Waals surface area (Å²) in [6, 6.07) is 12.6. The lowest BCUT2D eigenvalue weighted by atomic mass is 10.00. The summed E-state index contributed by atoms with van der Waals surface area (Å²) in [5.41, 5.74) is 4.15. The zero-order valence-corrected chi connectivity index (χ0v) is 17.8. The third-order valence-electron chi connectivity index (χ3n) is 5.58. The minimum absolute atomic E-state index is 0.0240. The number of methoxy groups -OCH3 is 1. The van der Waals surface area contributed by atoms with Gasteiger partial charge in [-0.2, -0.15) is 0 Å². The van der Waals surface area contributed by atoms with Crippen molar-refractivity contribution >= 4 is 12.0 Å². The molecule has 3 aromatic rings. The Bertz CT molecular complexity index is 1120. The molecule has 0 radical (unpaired) electrons. The van der Waals surface area contributed by atoms with Crippen LogP contribution in [0.2, 0.25) is 0 Å². The fourth-order valence-corrected chi connectivity index (χ4v) is 3.93. The maximum absolute atomic E-state index is 13.9. The van der Waals surface area contributed by atoms with Gasteiger partial charge in [0.2, 0.25) is 5.91 Å². The standard InChI is InChI=1S/C25H26FN3O2/c1-18-16-29(17-27-18)23-10-9-19(15-24(23)31-2)14-21-7-5-12-28(25(21)30)13-11-20-6-3-4-8-22(20)26/h3-4,6,8-10,14-17H,5,7,11-13H2,1-2H3. The highest BCUT2D eigenvalue weighted by atomic mass is 19.1. The van der Waals surface area contributed by atoms with E-state index in [-0.39, 0.29) is 11.7 Å². The lowest BCUT2D eigenvalue weighted by Crippen LogP contribution is -2.38. The highest BCUT2D eigenvalue weighted by Crippen LogP contribution is 2.27. The van der Waals surface area contributed by atoms with E-state index in [1.54, 1.807) is 25.6 Å². The maximum atomic E-state index is 13.9. The quantitative estimate of drug-likeness (QED) is 0.550. The average molecular weight is 420 g/mol. The van der Waals surface area contributed by atoms with Crippen LogP contribution in [0.5, 0.6) is 5.75 Å². The van der Waals surface area contributed by atoms with E-state index in [1.165, 1.54) is 6.07 Å². The number of aryl methyl sites for hydroxylation is 1. The Morgan fingerprint density at radius 3 is 2.81 bits per heavy atom. The molecule has 0 spiro atoms. The molecule has 0 saturated carbocycles. The second-order valence-corrected chi connectivity index (χ2v) is 7.76. The van der Waals surface area contributed by atoms with Crippen LogP contribution in [0.1, 0.15) is 29.7 Å². The topological polar surface area (TPSA) is 47.4 Å². The average Bonchev–Trinajstić information content (AvgIpc) is 3.21. The summed E-state index contributed by atoms with van der Waals surface area (Å²) < 4.78 is 21.4. The van der Waals surface area contributed by atoms with E-state index in [9.17, 15) is 9.18 Å². The van der Waals surface area contributed by atoms with E-state index < -0.39 is 0 Å². The van der Waals surface area contributed by atoms with Gasteiger partial charge in [0.05, 0.1) is 24.8 Å². The van der Waals surface area contributed by atoms with Crippen LogP contribution in [0.15, 0.2) is 60.6 Å². The summed E-state index contributed by atoms with van der Waals surface area (Å²) in [5, 5.41) is 0. The number of amides is 1. The van der Waals surface area contributed by atoms with Gasteiger partial charge in [0.1, 0.15) is 11.6 Å². The molecule has 1 fully saturated rings. The Labute approximate surface area is 181 Å². The molecule has 0 bridgehead atoms. The molecule has 1 amide bonds. The van der Waals surface area contributed by atoms with Crippen LogP contribution in [-0.4, -0.2) is 40.6 Å². The molecule has 160 valence electrons. The number of carbonyl (C=O) groups is 1. The predicted octanol–water partition coefficient (Wildman–Crippen LogP) is 4.58. The third-order valence-corrected chi connectivity index (χ3v) is 5.58. The molecule has 0 N–H and O–H groups in total. The molecule has 4 rings (SSSR count). The first-order valence-electron chi connectivity index (χ1n) is 10.5. The van der Waals surface area contributed by atoms with Crippen molar-refractivity contribution in [3.05, 3.63) is 83.2 Å². The number of ether oxygens (including phenoxy) is 1. The SMILES string of the molecule is COc1cc(C=C2CCCN(CCc3ccccc3F)C2=O)ccc1-n1cnc(C)c1. The van der Waals surface area contributed by atoms with E-state index in [2.05, 4.69) is 4.98 Å². The van der Waals surface area contributed by atoms with Crippen LogP contribution in [0, 0.1) is 12.7 Å². The van der Waals surface area contributed by atoms with E-state index >= 15 is 0 Å². The van der Waals surface area contributed by atoms with E-state index in [4.69, 9.17) is 4.74 Å². The normalized spacial score (nSPS) is 15.5. The monoisotopic (exact) mass is 419 g/mol. The smallest absolute Gasteiger partial charge is 0.249 e. The molecule has 2 heterocycles. The van der Waals surface area contributed by atoms with E-state index in [0.717, 1.165) is 35.4 Å². The Morgan fingerprint density at radius 2 is 2.06 bits per heavy atom. The van der Waals surface area contributed by atoms with Crippen molar-refractivity contribution in [2.45, 2.75) is 26.2 Å². The Hall–Kier alpha value is -3.41. The maximum Gasteiger partial charge on any atom is 0.249 e. The van der Waals surface area contributed by atoms with Crippen molar-refractivity contribution in [2.75, 3.05) is 20.2 Å². The first-order chi connectivity index (χ1) is 15.0. The number of aromatic nitrogens is 2. The van der Waals surface area contributed by atoms with Gasteiger partial charge in [-0.25, -0.2) is 9.37 Å². The van der Waals surface area contributed by atoms with Crippen molar-refractivity contribution in [1.29, 1.82) is 0 Å². The molecule has 5 nitrogen and oxygen atoms in total. The molecule has 1 saturated heterocycles. The van der Waals surface area contributed by atoms with Crippen molar-refractivity contribution in [3.63, 3.8) is 0 Å². The number of hydrogen-bond acceptors (Lipinski definition) is 3. The van der Waals surface area contributed by atoms with E-state index in [0.29, 0.717) is 30.8 Å². The molecule has 31 heavy (non-hydrogen) atoms. The lowest BCUT2D eigenvalue weighted by molar-refractivity contribution is -0.128. The molecule has 1 aromatic heterocycles. The third kappa shape index (κ3) is 4.68. The van der Waals surface area contributed by atoms with Crippen LogP contribution < -0.4 is 4.74 Å². The summed E-state index contributed by atoms with van der Waals surface area (Å²) in [6.45, 7) is 3.15. The molecule has 1 aliphatic rings. The second-order valence-electron chi connectivity index (χ2n) is 7.76. The first kappa shape index (κ1) is 20.8. The number of nitrogens with zero attached hydrogens (tertiary/aromatic N) is 3. The molecular weight excluding hydrogens is 393 g/mol. The van der Waals surface area contributed by atoms with Crippen LogP contribution in [0.4, 0.5) is 4.39 Å². The van der Waals surface area contributed by atoms with Crippen molar-refractivity contribution in [2.24, 2.45) is 0 Å². The summed E-state index contributed by atoms with van der Waals surface area (Å²) >= 11 is 0. The molecule has 2 aromatic carbocycles. The largest absolute Gasteiger partial charge is 0.495 e. The Balaban J connectivity index is 1.51. The van der Waals surface area contributed by atoms with E-state index in [1.807, 2.05) is 52.9 Å².